The third-order valence-corrected chi connectivity index (χ3v) is 3.17. The maximum Gasteiger partial charge on any atom is 0.0885 e. The first kappa shape index (κ1) is 10.5. The Labute approximate surface area is 101 Å². The molecule has 0 atom stereocenters. The molecule has 0 bridgehead atoms. The highest BCUT2D eigenvalue weighted by molar-refractivity contribution is 5.62. The lowest BCUT2D eigenvalue weighted by Crippen LogP contribution is -2.16. The van der Waals surface area contributed by atoms with Crippen molar-refractivity contribution in [2.75, 3.05) is 0 Å². The normalized spacial score (nSPS) is 15.1. The Bertz CT molecular complexity index is 514. The third-order valence-electron chi connectivity index (χ3n) is 3.17. The maximum atomic E-state index is 3.99. The van der Waals surface area contributed by atoms with Gasteiger partial charge in [0.25, 0.3) is 0 Å². The lowest BCUT2D eigenvalue weighted by Gasteiger charge is -2.09. The van der Waals surface area contributed by atoms with Crippen LogP contribution in [0.3, 0.4) is 0 Å². The first-order valence-electron chi connectivity index (χ1n) is 6.01. The molecule has 1 saturated carbocycles. The Balaban J connectivity index is 1.89. The van der Waals surface area contributed by atoms with Gasteiger partial charge in [-0.1, -0.05) is 29.5 Å². The van der Waals surface area contributed by atoms with Crippen LogP contribution in [0.25, 0.3) is 11.3 Å². The molecule has 0 unspecified atom stereocenters. The SMILES string of the molecule is Cn1nncc1-c1ccccc1CNC1CC1. The fourth-order valence-corrected chi connectivity index (χ4v) is 2.00. The van der Waals surface area contributed by atoms with E-state index in [1.165, 1.54) is 24.0 Å². The number of aryl methyl sites for hydroxylation is 1. The molecule has 4 nitrogen and oxygen atoms in total. The van der Waals surface area contributed by atoms with Crippen molar-refractivity contribution >= 4 is 0 Å². The standard InChI is InChI=1S/C13H16N4/c1-17-13(9-15-16-17)12-5-3-2-4-10(12)8-14-11-6-7-11/h2-5,9,11,14H,6-8H2,1H3. The summed E-state index contributed by atoms with van der Waals surface area (Å²) in [5, 5.41) is 11.5. The van der Waals surface area contributed by atoms with Crippen LogP contribution in [0.4, 0.5) is 0 Å². The molecule has 1 aromatic heterocycles. The molecule has 17 heavy (non-hydrogen) atoms. The van der Waals surface area contributed by atoms with Crippen LogP contribution in [0.15, 0.2) is 30.5 Å². The smallest absolute Gasteiger partial charge is 0.0885 e. The van der Waals surface area contributed by atoms with Crippen molar-refractivity contribution in [2.45, 2.75) is 25.4 Å². The van der Waals surface area contributed by atoms with E-state index in [9.17, 15) is 0 Å². The van der Waals surface area contributed by atoms with E-state index in [1.807, 2.05) is 17.9 Å². The first-order valence-corrected chi connectivity index (χ1v) is 6.01. The van der Waals surface area contributed by atoms with Crippen molar-refractivity contribution in [1.82, 2.24) is 20.3 Å². The van der Waals surface area contributed by atoms with E-state index in [0.717, 1.165) is 18.3 Å². The lowest BCUT2D eigenvalue weighted by molar-refractivity contribution is 0.686. The second-order valence-corrected chi connectivity index (χ2v) is 4.56. The van der Waals surface area contributed by atoms with Crippen LogP contribution in [0.5, 0.6) is 0 Å². The molecule has 0 saturated heterocycles. The van der Waals surface area contributed by atoms with Gasteiger partial charge in [0, 0.05) is 25.2 Å². The van der Waals surface area contributed by atoms with Crippen molar-refractivity contribution in [3.63, 3.8) is 0 Å². The zero-order valence-corrected chi connectivity index (χ0v) is 9.93. The lowest BCUT2D eigenvalue weighted by atomic mass is 10.0. The molecule has 2 aromatic rings. The molecule has 1 aliphatic carbocycles. The second-order valence-electron chi connectivity index (χ2n) is 4.56. The molecule has 1 fully saturated rings. The summed E-state index contributed by atoms with van der Waals surface area (Å²) in [6.45, 7) is 0.923. The summed E-state index contributed by atoms with van der Waals surface area (Å²) in [5.41, 5.74) is 3.59. The molecule has 1 N–H and O–H groups in total. The molecule has 3 rings (SSSR count). The van der Waals surface area contributed by atoms with Crippen LogP contribution >= 0.6 is 0 Å². The largest absolute Gasteiger partial charge is 0.310 e. The van der Waals surface area contributed by atoms with Crippen LogP contribution in [-0.2, 0) is 13.6 Å². The summed E-state index contributed by atoms with van der Waals surface area (Å²) in [6.07, 6.45) is 4.45. The van der Waals surface area contributed by atoms with Gasteiger partial charge in [-0.25, -0.2) is 4.68 Å². The number of nitrogens with zero attached hydrogens (tertiary/aromatic N) is 3. The Kier molecular flexibility index (Phi) is 2.65. The fourth-order valence-electron chi connectivity index (χ4n) is 2.00. The topological polar surface area (TPSA) is 42.7 Å². The fraction of sp³-hybridized carbons (Fsp3) is 0.385. The van der Waals surface area contributed by atoms with Crippen molar-refractivity contribution < 1.29 is 0 Å². The molecular formula is C13H16N4. The number of hydrogen-bond donors (Lipinski definition) is 1. The van der Waals surface area contributed by atoms with Crippen molar-refractivity contribution in [3.8, 4) is 11.3 Å². The van der Waals surface area contributed by atoms with E-state index in [4.69, 9.17) is 0 Å². The van der Waals surface area contributed by atoms with Crippen LogP contribution < -0.4 is 5.32 Å². The van der Waals surface area contributed by atoms with Gasteiger partial charge in [-0.2, -0.15) is 0 Å². The highest BCUT2D eigenvalue weighted by Gasteiger charge is 2.20. The van der Waals surface area contributed by atoms with Gasteiger partial charge in [0.1, 0.15) is 0 Å². The number of aromatic nitrogens is 3. The average Bonchev–Trinajstić information content (AvgIpc) is 3.09. The van der Waals surface area contributed by atoms with E-state index in [2.05, 4.69) is 39.9 Å². The zero-order chi connectivity index (χ0) is 11.7. The molecule has 0 amide bonds. The van der Waals surface area contributed by atoms with E-state index in [1.54, 1.807) is 0 Å². The number of nitrogens with one attached hydrogen (secondary N) is 1. The third kappa shape index (κ3) is 2.22. The van der Waals surface area contributed by atoms with Crippen molar-refractivity contribution in [2.24, 2.45) is 7.05 Å². The predicted octanol–water partition coefficient (Wildman–Crippen LogP) is 1.73. The molecule has 1 aliphatic rings. The average molecular weight is 228 g/mol. The molecule has 4 heteroatoms. The van der Waals surface area contributed by atoms with Gasteiger partial charge in [-0.15, -0.1) is 5.10 Å². The summed E-state index contributed by atoms with van der Waals surface area (Å²) < 4.78 is 1.82. The Morgan fingerprint density at radius 1 is 1.35 bits per heavy atom. The molecule has 1 heterocycles. The van der Waals surface area contributed by atoms with Gasteiger partial charge < -0.3 is 5.32 Å². The number of hydrogen-bond acceptors (Lipinski definition) is 3. The summed E-state index contributed by atoms with van der Waals surface area (Å²) in [5.74, 6) is 0. The van der Waals surface area contributed by atoms with E-state index >= 15 is 0 Å². The Morgan fingerprint density at radius 3 is 2.88 bits per heavy atom. The highest BCUT2D eigenvalue weighted by Crippen LogP contribution is 2.24. The van der Waals surface area contributed by atoms with Gasteiger partial charge in [0.05, 0.1) is 11.9 Å². The summed E-state index contributed by atoms with van der Waals surface area (Å²) >= 11 is 0. The van der Waals surface area contributed by atoms with Gasteiger partial charge in [0.15, 0.2) is 0 Å². The minimum atomic E-state index is 0.729. The second kappa shape index (κ2) is 4.30. The van der Waals surface area contributed by atoms with Crippen molar-refractivity contribution in [1.29, 1.82) is 0 Å². The van der Waals surface area contributed by atoms with Gasteiger partial charge in [-0.3, -0.25) is 0 Å². The molecule has 88 valence electrons. The van der Waals surface area contributed by atoms with Crippen LogP contribution in [0.2, 0.25) is 0 Å². The zero-order valence-electron chi connectivity index (χ0n) is 9.93. The monoisotopic (exact) mass is 228 g/mol. The Hall–Kier alpha value is -1.68. The highest BCUT2D eigenvalue weighted by atomic mass is 15.4. The minimum absolute atomic E-state index is 0.729. The molecular weight excluding hydrogens is 212 g/mol. The predicted molar refractivity (Wildman–Crippen MR) is 66.3 cm³/mol. The molecule has 0 radical (unpaired) electrons. The summed E-state index contributed by atoms with van der Waals surface area (Å²) in [7, 11) is 1.92. The van der Waals surface area contributed by atoms with Crippen LogP contribution in [-0.4, -0.2) is 21.0 Å². The quantitative estimate of drug-likeness (QED) is 0.866. The van der Waals surface area contributed by atoms with Crippen molar-refractivity contribution in [3.05, 3.63) is 36.0 Å². The van der Waals surface area contributed by atoms with Gasteiger partial charge >= 0.3 is 0 Å². The maximum absolute atomic E-state index is 3.99. The first-order chi connectivity index (χ1) is 8.34. The molecule has 0 spiro atoms. The number of benzene rings is 1. The van der Waals surface area contributed by atoms with E-state index in [-0.39, 0.29) is 0 Å². The number of rotatable bonds is 4. The van der Waals surface area contributed by atoms with Gasteiger partial charge in [0.2, 0.25) is 0 Å². The summed E-state index contributed by atoms with van der Waals surface area (Å²) in [6, 6.07) is 9.16. The minimum Gasteiger partial charge on any atom is -0.310 e. The van der Waals surface area contributed by atoms with E-state index in [0.29, 0.717) is 0 Å². The van der Waals surface area contributed by atoms with Crippen LogP contribution in [0, 0.1) is 0 Å². The van der Waals surface area contributed by atoms with Crippen LogP contribution in [0.1, 0.15) is 18.4 Å². The van der Waals surface area contributed by atoms with E-state index < -0.39 is 0 Å². The van der Waals surface area contributed by atoms with Gasteiger partial charge in [-0.05, 0) is 18.4 Å². The molecule has 0 aliphatic heterocycles. The summed E-state index contributed by atoms with van der Waals surface area (Å²) in [4.78, 5) is 0. The molecule has 1 aromatic carbocycles. The Morgan fingerprint density at radius 2 is 2.18 bits per heavy atom.